The van der Waals surface area contributed by atoms with Gasteiger partial charge in [-0.15, -0.1) is 0 Å². The number of phenolic OH excluding ortho intramolecular Hbond substituents is 1. The molecular weight excluding hydrogens is 646 g/mol. The van der Waals surface area contributed by atoms with Crippen molar-refractivity contribution in [3.8, 4) is 11.5 Å². The average molecular weight is 678 g/mol. The van der Waals surface area contributed by atoms with Gasteiger partial charge in [-0.1, -0.05) is 47.0 Å². The van der Waals surface area contributed by atoms with Gasteiger partial charge < -0.3 is 9.84 Å². The first-order chi connectivity index (χ1) is 22.4. The zero-order valence-electron chi connectivity index (χ0n) is 25.8. The molecule has 2 heterocycles. The Hall–Kier alpha value is -4.21. The number of nitrogens with zero attached hydrogens (tertiary/aromatic N) is 2. The van der Waals surface area contributed by atoms with Crippen LogP contribution in [0.1, 0.15) is 43.7 Å². The molecule has 2 aliphatic heterocycles. The summed E-state index contributed by atoms with van der Waals surface area (Å²) in [5.41, 5.74) is 1.40. The SMILES string of the molecule is CCOc1cc([C@H]2C3=CC[C@@H]4C(=O)N(c5ccc(C)c(Cl)c5)C(=O)[C@@H]4[C@@H]3C[C@H]3C(=O)N(c4ccc(F)c(Cl)c4)C(=O)[C@@]23C)ccc1O. The van der Waals surface area contributed by atoms with Crippen LogP contribution >= 0.6 is 23.2 Å². The predicted molar refractivity (Wildman–Crippen MR) is 174 cm³/mol. The molecular formula is C36H31Cl2FN2O6. The van der Waals surface area contributed by atoms with Crippen molar-refractivity contribution < 1.29 is 33.4 Å². The Kier molecular flexibility index (Phi) is 7.48. The van der Waals surface area contributed by atoms with Gasteiger partial charge in [0.1, 0.15) is 5.82 Å². The van der Waals surface area contributed by atoms with E-state index >= 15 is 0 Å². The van der Waals surface area contributed by atoms with Crippen LogP contribution in [0.15, 0.2) is 66.2 Å². The number of benzene rings is 3. The van der Waals surface area contributed by atoms with E-state index in [0.29, 0.717) is 16.3 Å². The third-order valence-corrected chi connectivity index (χ3v) is 11.2. The van der Waals surface area contributed by atoms with Gasteiger partial charge in [0.2, 0.25) is 23.6 Å². The van der Waals surface area contributed by atoms with E-state index in [2.05, 4.69) is 0 Å². The summed E-state index contributed by atoms with van der Waals surface area (Å²) in [6.45, 7) is 5.64. The molecule has 4 aliphatic rings. The number of amides is 4. The number of carbonyl (C=O) groups is 4. The van der Waals surface area contributed by atoms with Crippen LogP contribution in [0.4, 0.5) is 15.8 Å². The minimum atomic E-state index is -1.33. The Balaban J connectivity index is 1.37. The molecule has 1 N–H and O–H groups in total. The largest absolute Gasteiger partial charge is 0.504 e. The van der Waals surface area contributed by atoms with Gasteiger partial charge in [0.05, 0.1) is 46.2 Å². The summed E-state index contributed by atoms with van der Waals surface area (Å²) < 4.78 is 19.8. The number of ether oxygens (including phenoxy) is 1. The Morgan fingerprint density at radius 1 is 0.915 bits per heavy atom. The minimum absolute atomic E-state index is 0.0808. The summed E-state index contributed by atoms with van der Waals surface area (Å²) in [5, 5.41) is 10.7. The molecule has 242 valence electrons. The van der Waals surface area contributed by atoms with Gasteiger partial charge in [0.15, 0.2) is 11.5 Å². The van der Waals surface area contributed by atoms with Crippen molar-refractivity contribution in [2.24, 2.45) is 29.1 Å². The van der Waals surface area contributed by atoms with Crippen LogP contribution in [0.5, 0.6) is 11.5 Å². The summed E-state index contributed by atoms with van der Waals surface area (Å²) in [4.78, 5) is 59.3. The first kappa shape index (κ1) is 31.4. The maximum Gasteiger partial charge on any atom is 0.241 e. The highest BCUT2D eigenvalue weighted by atomic mass is 35.5. The van der Waals surface area contributed by atoms with Crippen molar-refractivity contribution in [1.82, 2.24) is 0 Å². The Labute approximate surface area is 280 Å². The number of rotatable bonds is 5. The number of imide groups is 2. The second-order valence-electron chi connectivity index (χ2n) is 12.9. The number of carbonyl (C=O) groups excluding carboxylic acids is 4. The van der Waals surface area contributed by atoms with Gasteiger partial charge in [-0.25, -0.2) is 14.2 Å². The van der Waals surface area contributed by atoms with Crippen LogP contribution in [0.2, 0.25) is 10.0 Å². The predicted octanol–water partition coefficient (Wildman–Crippen LogP) is 6.98. The Morgan fingerprint density at radius 3 is 2.32 bits per heavy atom. The molecule has 3 fully saturated rings. The molecule has 2 saturated heterocycles. The highest BCUT2D eigenvalue weighted by Crippen LogP contribution is 2.64. The number of hydrogen-bond acceptors (Lipinski definition) is 6. The number of fused-ring (bicyclic) bond motifs is 4. The Morgan fingerprint density at radius 2 is 1.62 bits per heavy atom. The number of aromatic hydroxyl groups is 1. The molecule has 3 aromatic carbocycles. The Bertz CT molecular complexity index is 1930. The fourth-order valence-electron chi connectivity index (χ4n) is 8.22. The van der Waals surface area contributed by atoms with E-state index in [9.17, 15) is 28.7 Å². The lowest BCUT2D eigenvalue weighted by atomic mass is 9.51. The van der Waals surface area contributed by atoms with Gasteiger partial charge in [0.25, 0.3) is 0 Å². The molecule has 3 aromatic rings. The summed E-state index contributed by atoms with van der Waals surface area (Å²) in [6, 6.07) is 13.6. The topological polar surface area (TPSA) is 104 Å². The third kappa shape index (κ3) is 4.53. The van der Waals surface area contributed by atoms with Crippen molar-refractivity contribution in [1.29, 1.82) is 0 Å². The van der Waals surface area contributed by atoms with Crippen LogP contribution in [0.25, 0.3) is 0 Å². The van der Waals surface area contributed by atoms with Gasteiger partial charge in [0, 0.05) is 10.9 Å². The van der Waals surface area contributed by atoms with E-state index in [1.54, 1.807) is 44.2 Å². The van der Waals surface area contributed by atoms with Crippen molar-refractivity contribution in [2.75, 3.05) is 16.4 Å². The molecule has 2 aliphatic carbocycles. The van der Waals surface area contributed by atoms with E-state index in [-0.39, 0.29) is 53.5 Å². The van der Waals surface area contributed by atoms with Crippen LogP contribution in [-0.4, -0.2) is 35.3 Å². The van der Waals surface area contributed by atoms with E-state index in [0.717, 1.165) is 22.1 Å². The monoisotopic (exact) mass is 676 g/mol. The fraction of sp³-hybridized carbons (Fsp3) is 0.333. The second-order valence-corrected chi connectivity index (χ2v) is 13.7. The maximum absolute atomic E-state index is 14.6. The molecule has 1 saturated carbocycles. The number of halogens is 3. The summed E-state index contributed by atoms with van der Waals surface area (Å²) in [7, 11) is 0. The quantitative estimate of drug-likeness (QED) is 0.231. The van der Waals surface area contributed by atoms with E-state index in [4.69, 9.17) is 27.9 Å². The fourth-order valence-corrected chi connectivity index (χ4v) is 8.57. The number of allylic oxidation sites excluding steroid dienone is 2. The summed E-state index contributed by atoms with van der Waals surface area (Å²) >= 11 is 12.5. The van der Waals surface area contributed by atoms with Crippen molar-refractivity contribution in [3.63, 3.8) is 0 Å². The van der Waals surface area contributed by atoms with Crippen molar-refractivity contribution in [2.45, 2.75) is 39.5 Å². The molecule has 0 spiro atoms. The van der Waals surface area contributed by atoms with Crippen molar-refractivity contribution in [3.05, 3.63) is 93.2 Å². The molecule has 0 unspecified atom stereocenters. The van der Waals surface area contributed by atoms with Crippen LogP contribution in [0, 0.1) is 41.8 Å². The van der Waals surface area contributed by atoms with Crippen LogP contribution < -0.4 is 14.5 Å². The normalized spacial score (nSPS) is 28.3. The lowest BCUT2D eigenvalue weighted by molar-refractivity contribution is -0.131. The number of phenols is 1. The molecule has 0 bridgehead atoms. The average Bonchev–Trinajstić information content (AvgIpc) is 3.41. The number of anilines is 2. The number of hydrogen-bond donors (Lipinski definition) is 1. The molecule has 47 heavy (non-hydrogen) atoms. The maximum atomic E-state index is 14.6. The third-order valence-electron chi connectivity index (χ3n) is 10.5. The van der Waals surface area contributed by atoms with Gasteiger partial charge in [-0.05, 0) is 93.1 Å². The molecule has 0 radical (unpaired) electrons. The molecule has 0 aromatic heterocycles. The molecule has 4 amide bonds. The zero-order chi connectivity index (χ0) is 33.5. The zero-order valence-corrected chi connectivity index (χ0v) is 27.3. The van der Waals surface area contributed by atoms with E-state index in [1.807, 2.05) is 13.0 Å². The molecule has 7 rings (SSSR count). The van der Waals surface area contributed by atoms with Crippen LogP contribution in [0.3, 0.4) is 0 Å². The minimum Gasteiger partial charge on any atom is -0.504 e. The van der Waals surface area contributed by atoms with Crippen molar-refractivity contribution >= 4 is 58.2 Å². The highest BCUT2D eigenvalue weighted by molar-refractivity contribution is 6.32. The van der Waals surface area contributed by atoms with Gasteiger partial charge >= 0.3 is 0 Å². The molecule has 8 nitrogen and oxygen atoms in total. The smallest absolute Gasteiger partial charge is 0.241 e. The molecule has 6 atom stereocenters. The molecule has 11 heteroatoms. The van der Waals surface area contributed by atoms with E-state index < -0.39 is 52.6 Å². The second kappa shape index (κ2) is 11.2. The number of aryl methyl sites for hydroxylation is 1. The lowest BCUT2D eigenvalue weighted by Crippen LogP contribution is -2.48. The summed E-state index contributed by atoms with van der Waals surface area (Å²) in [6.07, 6.45) is 2.36. The van der Waals surface area contributed by atoms with Gasteiger partial charge in [-0.3, -0.25) is 19.2 Å². The van der Waals surface area contributed by atoms with E-state index in [1.165, 1.54) is 23.1 Å². The van der Waals surface area contributed by atoms with Crippen LogP contribution in [-0.2, 0) is 19.2 Å². The highest BCUT2D eigenvalue weighted by Gasteiger charge is 2.67. The first-order valence-corrected chi connectivity index (χ1v) is 16.3. The summed E-state index contributed by atoms with van der Waals surface area (Å²) in [5.74, 6) is -5.81. The van der Waals surface area contributed by atoms with Gasteiger partial charge in [-0.2, -0.15) is 0 Å². The first-order valence-electron chi connectivity index (χ1n) is 15.5. The standard InChI is InChI=1S/C36H31Cl2FN2O6/c1-4-47-29-13-18(6-12-28(29)42)31-21-9-10-22-30(34(45)40(32(22)43)19-7-5-17(2)25(37)14-19)23(21)16-24-33(44)41(35(46)36(24,31)3)20-8-11-27(39)26(38)15-20/h5-9,11-15,22-24,30-31,42H,4,10,16H2,1-3H3/t22-,23+,24-,30-,31-,36+/m0/s1. The lowest BCUT2D eigenvalue weighted by Gasteiger charge is -2.49.